The molecular weight excluding hydrogens is 210 g/mol. The van der Waals surface area contributed by atoms with E-state index in [9.17, 15) is 8.42 Å². The zero-order valence-corrected chi connectivity index (χ0v) is 10.6. The molecule has 1 N–H and O–H groups in total. The van der Waals surface area contributed by atoms with Crippen molar-refractivity contribution in [3.63, 3.8) is 0 Å². The van der Waals surface area contributed by atoms with Gasteiger partial charge in [0.25, 0.3) is 0 Å². The molecule has 15 heavy (non-hydrogen) atoms. The fourth-order valence-corrected chi connectivity index (χ4v) is 2.71. The molecule has 0 amide bonds. The molecule has 1 aliphatic rings. The van der Waals surface area contributed by atoms with Crippen LogP contribution >= 0.6 is 0 Å². The Bertz CT molecular complexity index is 266. The zero-order chi connectivity index (χ0) is 11.3. The minimum absolute atomic E-state index is 0.265. The predicted molar refractivity (Wildman–Crippen MR) is 63.8 cm³/mol. The smallest absolute Gasteiger partial charge is 0.148 e. The standard InChI is InChI=1S/C11H23NO2S/c1-3-10-4-6-11(7-5-10)12-8-9-15(2,13)14/h10-12H,3-9H2,1-2H3. The summed E-state index contributed by atoms with van der Waals surface area (Å²) in [4.78, 5) is 0. The lowest BCUT2D eigenvalue weighted by atomic mass is 9.84. The largest absolute Gasteiger partial charge is 0.313 e. The van der Waals surface area contributed by atoms with Crippen LogP contribution in [0.3, 0.4) is 0 Å². The van der Waals surface area contributed by atoms with Crippen LogP contribution in [-0.4, -0.2) is 33.0 Å². The van der Waals surface area contributed by atoms with E-state index in [4.69, 9.17) is 0 Å². The highest BCUT2D eigenvalue weighted by atomic mass is 32.2. The maximum atomic E-state index is 10.9. The van der Waals surface area contributed by atoms with Gasteiger partial charge >= 0.3 is 0 Å². The first-order valence-electron chi connectivity index (χ1n) is 5.92. The lowest BCUT2D eigenvalue weighted by molar-refractivity contribution is 0.289. The van der Waals surface area contributed by atoms with Crippen LogP contribution in [0.15, 0.2) is 0 Å². The van der Waals surface area contributed by atoms with E-state index in [0.717, 1.165) is 5.92 Å². The van der Waals surface area contributed by atoms with Crippen molar-refractivity contribution in [3.8, 4) is 0 Å². The minimum Gasteiger partial charge on any atom is -0.313 e. The van der Waals surface area contributed by atoms with Crippen LogP contribution in [0, 0.1) is 5.92 Å². The normalized spacial score (nSPS) is 27.9. The van der Waals surface area contributed by atoms with Gasteiger partial charge in [0, 0.05) is 18.8 Å². The third kappa shape index (κ3) is 5.52. The molecule has 0 aromatic carbocycles. The Morgan fingerprint density at radius 3 is 2.27 bits per heavy atom. The van der Waals surface area contributed by atoms with Crippen LogP contribution < -0.4 is 5.32 Å². The van der Waals surface area contributed by atoms with Gasteiger partial charge in [0.05, 0.1) is 5.75 Å². The molecule has 0 atom stereocenters. The molecule has 0 aromatic rings. The van der Waals surface area contributed by atoms with Crippen LogP contribution in [-0.2, 0) is 9.84 Å². The molecule has 0 bridgehead atoms. The number of hydrogen-bond donors (Lipinski definition) is 1. The van der Waals surface area contributed by atoms with Crippen LogP contribution in [0.2, 0.25) is 0 Å². The van der Waals surface area contributed by atoms with Crippen molar-refractivity contribution in [1.29, 1.82) is 0 Å². The third-order valence-corrected chi connectivity index (χ3v) is 4.28. The number of nitrogens with one attached hydrogen (secondary N) is 1. The second-order valence-corrected chi connectivity index (χ2v) is 6.97. The molecule has 0 aliphatic heterocycles. The summed E-state index contributed by atoms with van der Waals surface area (Å²) in [5, 5.41) is 3.34. The summed E-state index contributed by atoms with van der Waals surface area (Å²) in [5.74, 6) is 1.17. The Hall–Kier alpha value is -0.0900. The van der Waals surface area contributed by atoms with E-state index in [1.807, 2.05) is 0 Å². The average Bonchev–Trinajstić information content (AvgIpc) is 2.17. The van der Waals surface area contributed by atoms with E-state index in [0.29, 0.717) is 12.6 Å². The van der Waals surface area contributed by atoms with E-state index >= 15 is 0 Å². The Morgan fingerprint density at radius 2 is 1.80 bits per heavy atom. The van der Waals surface area contributed by atoms with E-state index < -0.39 is 9.84 Å². The molecule has 1 fully saturated rings. The highest BCUT2D eigenvalue weighted by Crippen LogP contribution is 2.26. The fourth-order valence-electron chi connectivity index (χ4n) is 2.22. The van der Waals surface area contributed by atoms with Gasteiger partial charge in [0.15, 0.2) is 0 Å². The van der Waals surface area contributed by atoms with Crippen molar-refractivity contribution in [2.75, 3.05) is 18.6 Å². The lowest BCUT2D eigenvalue weighted by Crippen LogP contribution is -2.35. The zero-order valence-electron chi connectivity index (χ0n) is 9.83. The van der Waals surface area contributed by atoms with E-state index in [1.165, 1.54) is 38.4 Å². The maximum Gasteiger partial charge on any atom is 0.148 e. The van der Waals surface area contributed by atoms with Crippen molar-refractivity contribution in [3.05, 3.63) is 0 Å². The summed E-state index contributed by atoms with van der Waals surface area (Å²) in [5.41, 5.74) is 0. The van der Waals surface area contributed by atoms with Crippen LogP contribution in [0.25, 0.3) is 0 Å². The van der Waals surface area contributed by atoms with Crippen LogP contribution in [0.4, 0.5) is 0 Å². The van der Waals surface area contributed by atoms with Crippen LogP contribution in [0.1, 0.15) is 39.0 Å². The summed E-state index contributed by atoms with van der Waals surface area (Å²) in [6.07, 6.45) is 7.60. The molecule has 3 nitrogen and oxygen atoms in total. The van der Waals surface area contributed by atoms with Crippen molar-refractivity contribution < 1.29 is 8.42 Å². The Labute approximate surface area is 93.6 Å². The highest BCUT2D eigenvalue weighted by Gasteiger charge is 2.19. The quantitative estimate of drug-likeness (QED) is 0.784. The van der Waals surface area contributed by atoms with Gasteiger partial charge < -0.3 is 5.32 Å². The third-order valence-electron chi connectivity index (χ3n) is 3.33. The van der Waals surface area contributed by atoms with Crippen molar-refractivity contribution in [2.45, 2.75) is 45.1 Å². The lowest BCUT2D eigenvalue weighted by Gasteiger charge is -2.28. The molecule has 90 valence electrons. The molecule has 1 rings (SSSR count). The van der Waals surface area contributed by atoms with Gasteiger partial charge in [-0.25, -0.2) is 8.42 Å². The molecule has 0 aromatic heterocycles. The summed E-state index contributed by atoms with van der Waals surface area (Å²) < 4.78 is 21.9. The Kier molecular flexibility index (Phi) is 5.06. The molecule has 0 radical (unpaired) electrons. The molecular formula is C11H23NO2S. The minimum atomic E-state index is -2.80. The summed E-state index contributed by atoms with van der Waals surface area (Å²) in [7, 11) is -2.80. The van der Waals surface area contributed by atoms with Crippen molar-refractivity contribution in [1.82, 2.24) is 5.32 Å². The van der Waals surface area contributed by atoms with Gasteiger partial charge in [-0.05, 0) is 31.6 Å². The Morgan fingerprint density at radius 1 is 1.20 bits per heavy atom. The van der Waals surface area contributed by atoms with Gasteiger partial charge in [0.1, 0.15) is 9.84 Å². The SMILES string of the molecule is CCC1CCC(NCCS(C)(=O)=O)CC1. The second kappa shape index (κ2) is 5.85. The van der Waals surface area contributed by atoms with Crippen molar-refractivity contribution >= 4 is 9.84 Å². The first kappa shape index (κ1) is 13.0. The van der Waals surface area contributed by atoms with Gasteiger partial charge in [-0.3, -0.25) is 0 Å². The average molecular weight is 233 g/mol. The Balaban J connectivity index is 2.14. The topological polar surface area (TPSA) is 46.2 Å². The number of hydrogen-bond acceptors (Lipinski definition) is 3. The monoisotopic (exact) mass is 233 g/mol. The van der Waals surface area contributed by atoms with Gasteiger partial charge in [0.2, 0.25) is 0 Å². The number of rotatable bonds is 5. The van der Waals surface area contributed by atoms with Gasteiger partial charge in [-0.15, -0.1) is 0 Å². The van der Waals surface area contributed by atoms with E-state index in [2.05, 4.69) is 12.2 Å². The predicted octanol–water partition coefficient (Wildman–Crippen LogP) is 1.59. The second-order valence-electron chi connectivity index (χ2n) is 4.71. The van der Waals surface area contributed by atoms with Crippen LogP contribution in [0.5, 0.6) is 0 Å². The fraction of sp³-hybridized carbons (Fsp3) is 1.00. The first-order chi connectivity index (χ1) is 7.01. The summed E-state index contributed by atoms with van der Waals surface area (Å²) >= 11 is 0. The van der Waals surface area contributed by atoms with Crippen molar-refractivity contribution in [2.24, 2.45) is 5.92 Å². The molecule has 1 aliphatic carbocycles. The van der Waals surface area contributed by atoms with Gasteiger partial charge in [-0.2, -0.15) is 0 Å². The molecule has 0 saturated heterocycles. The first-order valence-corrected chi connectivity index (χ1v) is 7.98. The molecule has 1 saturated carbocycles. The summed E-state index contributed by atoms with van der Waals surface area (Å²) in [6.45, 7) is 2.86. The van der Waals surface area contributed by atoms with Gasteiger partial charge in [-0.1, -0.05) is 13.3 Å². The molecule has 0 heterocycles. The number of sulfone groups is 1. The van der Waals surface area contributed by atoms with E-state index in [-0.39, 0.29) is 5.75 Å². The molecule has 4 heteroatoms. The highest BCUT2D eigenvalue weighted by molar-refractivity contribution is 7.90. The maximum absolute atomic E-state index is 10.9. The molecule has 0 unspecified atom stereocenters. The summed E-state index contributed by atoms with van der Waals surface area (Å²) in [6, 6.07) is 0.551. The van der Waals surface area contributed by atoms with E-state index in [1.54, 1.807) is 0 Å². The molecule has 0 spiro atoms.